The van der Waals surface area contributed by atoms with Crippen LogP contribution in [0.4, 0.5) is 4.39 Å². The van der Waals surface area contributed by atoms with Crippen molar-refractivity contribution in [2.75, 3.05) is 19.6 Å². The fourth-order valence-corrected chi connectivity index (χ4v) is 2.90. The lowest BCUT2D eigenvalue weighted by atomic mass is 9.86. The van der Waals surface area contributed by atoms with Gasteiger partial charge in [-0.25, -0.2) is 4.39 Å². The molecule has 21 heavy (non-hydrogen) atoms. The standard InChI is InChI=1S/C18H29FN2/c1-18(2,3)15-7-6-14(17(19)13-15)8-11-21-10-4-5-16(20)9-12-21/h6-7,13,16H,4-5,8-12,20H2,1-3H3. The van der Waals surface area contributed by atoms with E-state index < -0.39 is 0 Å². The maximum atomic E-state index is 14.2. The van der Waals surface area contributed by atoms with E-state index in [1.807, 2.05) is 6.07 Å². The first kappa shape index (κ1) is 16.4. The number of nitrogens with zero attached hydrogens (tertiary/aromatic N) is 1. The van der Waals surface area contributed by atoms with Gasteiger partial charge in [0.05, 0.1) is 0 Å². The summed E-state index contributed by atoms with van der Waals surface area (Å²) in [5.41, 5.74) is 7.89. The average molecular weight is 292 g/mol. The summed E-state index contributed by atoms with van der Waals surface area (Å²) < 4.78 is 14.2. The van der Waals surface area contributed by atoms with Crippen molar-refractivity contribution >= 4 is 0 Å². The molecule has 1 heterocycles. The zero-order valence-corrected chi connectivity index (χ0v) is 13.7. The van der Waals surface area contributed by atoms with Crippen LogP contribution < -0.4 is 5.73 Å². The highest BCUT2D eigenvalue weighted by Crippen LogP contribution is 2.24. The fraction of sp³-hybridized carbons (Fsp3) is 0.667. The predicted octanol–water partition coefficient (Wildman–Crippen LogP) is 3.48. The maximum Gasteiger partial charge on any atom is 0.126 e. The monoisotopic (exact) mass is 292 g/mol. The molecule has 0 bridgehead atoms. The summed E-state index contributed by atoms with van der Waals surface area (Å²) in [6.07, 6.45) is 4.12. The lowest BCUT2D eigenvalue weighted by Gasteiger charge is -2.21. The molecule has 0 amide bonds. The zero-order chi connectivity index (χ0) is 15.5. The summed E-state index contributed by atoms with van der Waals surface area (Å²) in [7, 11) is 0. The SMILES string of the molecule is CC(C)(C)c1ccc(CCN2CCCC(N)CC2)c(F)c1. The smallest absolute Gasteiger partial charge is 0.126 e. The Hall–Kier alpha value is -0.930. The Kier molecular flexibility index (Phi) is 5.39. The molecule has 2 nitrogen and oxygen atoms in total. The molecule has 1 aromatic rings. The van der Waals surface area contributed by atoms with Gasteiger partial charge in [-0.2, -0.15) is 0 Å². The van der Waals surface area contributed by atoms with Crippen molar-refractivity contribution in [2.45, 2.75) is 57.9 Å². The summed E-state index contributed by atoms with van der Waals surface area (Å²) in [5, 5.41) is 0. The fourth-order valence-electron chi connectivity index (χ4n) is 2.90. The van der Waals surface area contributed by atoms with E-state index >= 15 is 0 Å². The minimum absolute atomic E-state index is 0.000293. The topological polar surface area (TPSA) is 29.3 Å². The van der Waals surface area contributed by atoms with Gasteiger partial charge in [0.25, 0.3) is 0 Å². The van der Waals surface area contributed by atoms with Gasteiger partial charge in [0.2, 0.25) is 0 Å². The third-order valence-electron chi connectivity index (χ3n) is 4.48. The van der Waals surface area contributed by atoms with Crippen molar-refractivity contribution in [1.82, 2.24) is 4.90 Å². The third-order valence-corrected chi connectivity index (χ3v) is 4.48. The second-order valence-electron chi connectivity index (χ2n) is 7.34. The van der Waals surface area contributed by atoms with E-state index in [1.54, 1.807) is 6.07 Å². The van der Waals surface area contributed by atoms with E-state index in [0.717, 1.165) is 56.4 Å². The number of hydrogen-bond acceptors (Lipinski definition) is 2. The highest BCUT2D eigenvalue weighted by molar-refractivity contribution is 5.29. The Morgan fingerprint density at radius 2 is 2.00 bits per heavy atom. The van der Waals surface area contributed by atoms with Crippen molar-refractivity contribution in [2.24, 2.45) is 5.73 Å². The molecular formula is C18H29FN2. The largest absolute Gasteiger partial charge is 0.328 e. The first-order valence-corrected chi connectivity index (χ1v) is 8.13. The molecule has 3 heteroatoms. The Morgan fingerprint density at radius 3 is 2.67 bits per heavy atom. The molecule has 2 N–H and O–H groups in total. The summed E-state index contributed by atoms with van der Waals surface area (Å²) in [6.45, 7) is 9.41. The molecule has 1 atom stereocenters. The van der Waals surface area contributed by atoms with Crippen LogP contribution in [0.25, 0.3) is 0 Å². The third kappa shape index (κ3) is 4.79. The van der Waals surface area contributed by atoms with Crippen LogP contribution >= 0.6 is 0 Å². The van der Waals surface area contributed by atoms with Crippen LogP contribution in [0.15, 0.2) is 18.2 Å². The molecule has 0 spiro atoms. The normalized spacial score (nSPS) is 21.3. The van der Waals surface area contributed by atoms with Crippen molar-refractivity contribution in [3.8, 4) is 0 Å². The van der Waals surface area contributed by atoms with Crippen molar-refractivity contribution < 1.29 is 4.39 Å². The van der Waals surface area contributed by atoms with E-state index in [9.17, 15) is 4.39 Å². The Balaban J connectivity index is 1.94. The number of rotatable bonds is 3. The lowest BCUT2D eigenvalue weighted by Crippen LogP contribution is -2.28. The highest BCUT2D eigenvalue weighted by atomic mass is 19.1. The maximum absolute atomic E-state index is 14.2. The van der Waals surface area contributed by atoms with Crippen LogP contribution in [-0.4, -0.2) is 30.6 Å². The molecule has 0 aliphatic carbocycles. The van der Waals surface area contributed by atoms with Gasteiger partial charge < -0.3 is 10.6 Å². The van der Waals surface area contributed by atoms with Gasteiger partial charge in [-0.15, -0.1) is 0 Å². The van der Waals surface area contributed by atoms with E-state index in [0.29, 0.717) is 6.04 Å². The van der Waals surface area contributed by atoms with Gasteiger partial charge >= 0.3 is 0 Å². The van der Waals surface area contributed by atoms with E-state index in [-0.39, 0.29) is 11.2 Å². The molecule has 1 aliphatic rings. The molecule has 0 aromatic heterocycles. The van der Waals surface area contributed by atoms with Gasteiger partial charge in [0.15, 0.2) is 0 Å². The van der Waals surface area contributed by atoms with Crippen LogP contribution in [0, 0.1) is 5.82 Å². The lowest BCUT2D eigenvalue weighted by molar-refractivity contribution is 0.286. The Morgan fingerprint density at radius 1 is 1.24 bits per heavy atom. The van der Waals surface area contributed by atoms with Crippen molar-refractivity contribution in [1.29, 1.82) is 0 Å². The first-order chi connectivity index (χ1) is 9.86. The van der Waals surface area contributed by atoms with Crippen LogP contribution in [0.5, 0.6) is 0 Å². The number of benzene rings is 1. The molecule has 1 unspecified atom stereocenters. The summed E-state index contributed by atoms with van der Waals surface area (Å²) in [4.78, 5) is 2.42. The Bertz CT molecular complexity index is 465. The zero-order valence-electron chi connectivity index (χ0n) is 13.7. The molecule has 2 rings (SSSR count). The van der Waals surface area contributed by atoms with E-state index in [2.05, 4.69) is 31.7 Å². The second kappa shape index (κ2) is 6.89. The minimum atomic E-state index is -0.0612. The van der Waals surface area contributed by atoms with Crippen molar-refractivity contribution in [3.63, 3.8) is 0 Å². The van der Waals surface area contributed by atoms with Crippen LogP contribution in [0.3, 0.4) is 0 Å². The molecule has 1 aliphatic heterocycles. The molecule has 0 saturated carbocycles. The molecular weight excluding hydrogens is 263 g/mol. The van der Waals surface area contributed by atoms with Crippen LogP contribution in [0.2, 0.25) is 0 Å². The number of nitrogens with two attached hydrogens (primary N) is 1. The quantitative estimate of drug-likeness (QED) is 0.924. The van der Waals surface area contributed by atoms with Gasteiger partial charge in [-0.3, -0.25) is 0 Å². The molecule has 1 saturated heterocycles. The molecule has 1 aromatic carbocycles. The minimum Gasteiger partial charge on any atom is -0.328 e. The summed E-state index contributed by atoms with van der Waals surface area (Å²) in [6, 6.07) is 6.07. The predicted molar refractivity (Wildman–Crippen MR) is 87.1 cm³/mol. The average Bonchev–Trinajstić information content (AvgIpc) is 2.61. The van der Waals surface area contributed by atoms with Gasteiger partial charge in [0, 0.05) is 12.6 Å². The molecule has 1 fully saturated rings. The highest BCUT2D eigenvalue weighted by Gasteiger charge is 2.17. The molecule has 118 valence electrons. The molecule has 0 radical (unpaired) electrons. The number of halogens is 1. The summed E-state index contributed by atoms with van der Waals surface area (Å²) >= 11 is 0. The van der Waals surface area contributed by atoms with Crippen LogP contribution in [-0.2, 0) is 11.8 Å². The van der Waals surface area contributed by atoms with Gasteiger partial charge in [-0.05, 0) is 61.4 Å². The van der Waals surface area contributed by atoms with Crippen molar-refractivity contribution in [3.05, 3.63) is 35.1 Å². The summed E-state index contributed by atoms with van der Waals surface area (Å²) in [5.74, 6) is -0.0612. The van der Waals surface area contributed by atoms with E-state index in [1.165, 1.54) is 0 Å². The number of hydrogen-bond donors (Lipinski definition) is 1. The van der Waals surface area contributed by atoms with Gasteiger partial charge in [0.1, 0.15) is 5.82 Å². The van der Waals surface area contributed by atoms with Crippen LogP contribution in [0.1, 0.15) is 51.2 Å². The van der Waals surface area contributed by atoms with Gasteiger partial charge in [-0.1, -0.05) is 32.9 Å². The van der Waals surface area contributed by atoms with E-state index in [4.69, 9.17) is 5.73 Å². The Labute approximate surface area is 128 Å². The second-order valence-corrected chi connectivity index (χ2v) is 7.34. The first-order valence-electron chi connectivity index (χ1n) is 8.13. The number of likely N-dealkylation sites (tertiary alicyclic amines) is 1.